The Morgan fingerprint density at radius 1 is 1.35 bits per heavy atom. The molecule has 122 valence electrons. The molecule has 1 aromatic heterocycles. The maximum absolute atomic E-state index is 12.8. The van der Waals surface area contributed by atoms with Gasteiger partial charge in [0.2, 0.25) is 5.91 Å². The molecule has 1 heterocycles. The van der Waals surface area contributed by atoms with E-state index in [1.807, 2.05) is 35.8 Å². The summed E-state index contributed by atoms with van der Waals surface area (Å²) in [5, 5.41) is 10.2. The van der Waals surface area contributed by atoms with E-state index in [-0.39, 0.29) is 25.0 Å². The lowest BCUT2D eigenvalue weighted by Crippen LogP contribution is -2.40. The summed E-state index contributed by atoms with van der Waals surface area (Å²) in [5.74, 6) is -1.39. The summed E-state index contributed by atoms with van der Waals surface area (Å²) in [6, 6.07) is 10.3. The van der Waals surface area contributed by atoms with Crippen LogP contribution in [0.2, 0.25) is 0 Å². The SMILES string of the molecule is Cc1cc2ccccc2n1CC(=O)N(CC(C)C(=O)O)C1CC1. The van der Waals surface area contributed by atoms with Crippen LogP contribution in [0.1, 0.15) is 25.5 Å². The number of aryl methyl sites for hydroxylation is 1. The number of rotatable bonds is 6. The van der Waals surface area contributed by atoms with Crippen LogP contribution in [0.5, 0.6) is 0 Å². The maximum atomic E-state index is 12.8. The molecule has 1 unspecified atom stereocenters. The second-order valence-electron chi connectivity index (χ2n) is 6.45. The molecule has 0 saturated heterocycles. The topological polar surface area (TPSA) is 62.5 Å². The molecule has 23 heavy (non-hydrogen) atoms. The molecule has 5 heteroatoms. The number of hydrogen-bond acceptors (Lipinski definition) is 2. The number of amides is 1. The van der Waals surface area contributed by atoms with Crippen molar-refractivity contribution in [3.8, 4) is 0 Å². The number of carbonyl (C=O) groups is 2. The fourth-order valence-corrected chi connectivity index (χ4v) is 3.00. The summed E-state index contributed by atoms with van der Waals surface area (Å²) >= 11 is 0. The largest absolute Gasteiger partial charge is 0.481 e. The lowest BCUT2D eigenvalue weighted by molar-refractivity contribution is -0.143. The zero-order valence-corrected chi connectivity index (χ0v) is 13.5. The Hall–Kier alpha value is -2.30. The van der Waals surface area contributed by atoms with Crippen molar-refractivity contribution >= 4 is 22.8 Å². The first kappa shape index (κ1) is 15.6. The zero-order valence-electron chi connectivity index (χ0n) is 13.5. The highest BCUT2D eigenvalue weighted by atomic mass is 16.4. The van der Waals surface area contributed by atoms with Crippen LogP contribution in [0, 0.1) is 12.8 Å². The van der Waals surface area contributed by atoms with Gasteiger partial charge in [-0.05, 0) is 37.3 Å². The molecule has 1 fully saturated rings. The van der Waals surface area contributed by atoms with E-state index in [9.17, 15) is 9.59 Å². The third kappa shape index (κ3) is 3.23. The molecule has 1 atom stereocenters. The fraction of sp³-hybridized carbons (Fsp3) is 0.444. The highest BCUT2D eigenvalue weighted by molar-refractivity contribution is 5.84. The van der Waals surface area contributed by atoms with Gasteiger partial charge in [0.15, 0.2) is 0 Å². The monoisotopic (exact) mass is 314 g/mol. The van der Waals surface area contributed by atoms with Crippen LogP contribution >= 0.6 is 0 Å². The second-order valence-corrected chi connectivity index (χ2v) is 6.45. The number of para-hydroxylation sites is 1. The van der Waals surface area contributed by atoms with E-state index in [0.717, 1.165) is 29.4 Å². The molecule has 1 aliphatic rings. The number of nitrogens with zero attached hydrogens (tertiary/aromatic N) is 2. The Bertz CT molecular complexity index is 746. The van der Waals surface area contributed by atoms with Crippen LogP contribution < -0.4 is 0 Å². The van der Waals surface area contributed by atoms with Gasteiger partial charge in [0.25, 0.3) is 0 Å². The van der Waals surface area contributed by atoms with Gasteiger partial charge in [-0.15, -0.1) is 0 Å². The van der Waals surface area contributed by atoms with E-state index >= 15 is 0 Å². The number of carbonyl (C=O) groups excluding carboxylic acids is 1. The number of fused-ring (bicyclic) bond motifs is 1. The number of carboxylic acid groups (broad SMARTS) is 1. The molecule has 2 aromatic rings. The minimum absolute atomic E-state index is 0.00468. The van der Waals surface area contributed by atoms with Crippen molar-refractivity contribution in [3.63, 3.8) is 0 Å². The smallest absolute Gasteiger partial charge is 0.308 e. The van der Waals surface area contributed by atoms with Crippen LogP contribution in [0.25, 0.3) is 10.9 Å². The van der Waals surface area contributed by atoms with Gasteiger partial charge < -0.3 is 14.6 Å². The van der Waals surface area contributed by atoms with E-state index in [4.69, 9.17) is 5.11 Å². The van der Waals surface area contributed by atoms with Crippen LogP contribution in [0.15, 0.2) is 30.3 Å². The van der Waals surface area contributed by atoms with Crippen molar-refractivity contribution < 1.29 is 14.7 Å². The predicted molar refractivity (Wildman–Crippen MR) is 88.2 cm³/mol. The molecule has 1 saturated carbocycles. The third-order valence-corrected chi connectivity index (χ3v) is 4.51. The standard InChI is InChI=1S/C18H22N2O3/c1-12(18(22)23)10-20(15-7-8-15)17(21)11-19-13(2)9-14-5-3-4-6-16(14)19/h3-6,9,12,15H,7-8,10-11H2,1-2H3,(H,22,23). The first-order chi connectivity index (χ1) is 11.0. The molecule has 0 spiro atoms. The van der Waals surface area contributed by atoms with Gasteiger partial charge >= 0.3 is 5.97 Å². The van der Waals surface area contributed by atoms with Crippen LogP contribution in [0.4, 0.5) is 0 Å². The van der Waals surface area contributed by atoms with E-state index in [1.54, 1.807) is 11.8 Å². The molecule has 0 radical (unpaired) electrons. The van der Waals surface area contributed by atoms with Gasteiger partial charge in [-0.1, -0.05) is 25.1 Å². The zero-order chi connectivity index (χ0) is 16.6. The van der Waals surface area contributed by atoms with Crippen LogP contribution in [0.3, 0.4) is 0 Å². The second kappa shape index (κ2) is 6.07. The van der Waals surface area contributed by atoms with E-state index in [0.29, 0.717) is 0 Å². The summed E-state index contributed by atoms with van der Waals surface area (Å²) in [6.07, 6.45) is 1.95. The van der Waals surface area contributed by atoms with Gasteiger partial charge in [-0.25, -0.2) is 0 Å². The quantitative estimate of drug-likeness (QED) is 0.891. The molecular formula is C18H22N2O3. The lowest BCUT2D eigenvalue weighted by atomic mass is 10.1. The minimum Gasteiger partial charge on any atom is -0.481 e. The molecule has 0 bridgehead atoms. The molecule has 5 nitrogen and oxygen atoms in total. The Morgan fingerprint density at radius 3 is 2.70 bits per heavy atom. The van der Waals surface area contributed by atoms with E-state index in [2.05, 4.69) is 6.07 Å². The average molecular weight is 314 g/mol. The first-order valence-corrected chi connectivity index (χ1v) is 8.04. The van der Waals surface area contributed by atoms with Gasteiger partial charge in [0, 0.05) is 23.8 Å². The molecule has 1 aliphatic carbocycles. The highest BCUT2D eigenvalue weighted by Gasteiger charge is 2.34. The Balaban J connectivity index is 1.81. The average Bonchev–Trinajstić information content (AvgIpc) is 3.30. The normalized spacial score (nSPS) is 15.6. The molecule has 3 rings (SSSR count). The summed E-state index contributed by atoms with van der Waals surface area (Å²) in [7, 11) is 0. The van der Waals surface area contributed by atoms with E-state index < -0.39 is 11.9 Å². The number of hydrogen-bond donors (Lipinski definition) is 1. The summed E-state index contributed by atoms with van der Waals surface area (Å²) < 4.78 is 2.01. The van der Waals surface area contributed by atoms with Gasteiger partial charge in [0.05, 0.1) is 5.92 Å². The summed E-state index contributed by atoms with van der Waals surface area (Å²) in [4.78, 5) is 25.6. The van der Waals surface area contributed by atoms with E-state index in [1.165, 1.54) is 0 Å². The highest BCUT2D eigenvalue weighted by Crippen LogP contribution is 2.28. The predicted octanol–water partition coefficient (Wildman–Crippen LogP) is 2.66. The van der Waals surface area contributed by atoms with Gasteiger partial charge in [0.1, 0.15) is 6.54 Å². The van der Waals surface area contributed by atoms with Crippen molar-refractivity contribution in [1.82, 2.24) is 9.47 Å². The Kier molecular flexibility index (Phi) is 4.11. The van der Waals surface area contributed by atoms with Crippen molar-refractivity contribution in [1.29, 1.82) is 0 Å². The summed E-state index contributed by atoms with van der Waals surface area (Å²) in [5.41, 5.74) is 2.09. The Morgan fingerprint density at radius 2 is 2.04 bits per heavy atom. The maximum Gasteiger partial charge on any atom is 0.308 e. The first-order valence-electron chi connectivity index (χ1n) is 8.04. The molecular weight excluding hydrogens is 292 g/mol. The van der Waals surface area contributed by atoms with Crippen molar-refractivity contribution in [3.05, 3.63) is 36.0 Å². The van der Waals surface area contributed by atoms with Gasteiger partial charge in [-0.3, -0.25) is 9.59 Å². The Labute approximate surface area is 135 Å². The van der Waals surface area contributed by atoms with Crippen molar-refractivity contribution in [2.24, 2.45) is 5.92 Å². The minimum atomic E-state index is -0.856. The number of carboxylic acids is 1. The molecule has 1 amide bonds. The van der Waals surface area contributed by atoms with Crippen LogP contribution in [-0.4, -0.2) is 39.0 Å². The fourth-order valence-electron chi connectivity index (χ4n) is 3.00. The lowest BCUT2D eigenvalue weighted by Gasteiger charge is -2.25. The van der Waals surface area contributed by atoms with Crippen molar-refractivity contribution in [2.45, 2.75) is 39.3 Å². The number of aliphatic carboxylic acids is 1. The summed E-state index contributed by atoms with van der Waals surface area (Å²) in [6.45, 7) is 4.20. The molecule has 1 aromatic carbocycles. The third-order valence-electron chi connectivity index (χ3n) is 4.51. The molecule has 1 N–H and O–H groups in total. The van der Waals surface area contributed by atoms with Crippen LogP contribution in [-0.2, 0) is 16.1 Å². The van der Waals surface area contributed by atoms with Gasteiger partial charge in [-0.2, -0.15) is 0 Å². The molecule has 0 aliphatic heterocycles. The number of benzene rings is 1. The number of aromatic nitrogens is 1. The van der Waals surface area contributed by atoms with Crippen molar-refractivity contribution in [2.75, 3.05) is 6.54 Å².